The first-order valence-electron chi connectivity index (χ1n) is 7.69. The number of nitrogens with one attached hydrogen (secondary N) is 1. The Morgan fingerprint density at radius 2 is 1.83 bits per heavy atom. The molecule has 0 saturated carbocycles. The lowest BCUT2D eigenvalue weighted by Crippen LogP contribution is -2.27. The minimum atomic E-state index is 0.00512. The summed E-state index contributed by atoms with van der Waals surface area (Å²) in [7, 11) is 0. The maximum absolute atomic E-state index is 11.1. The Labute approximate surface area is 135 Å². The summed E-state index contributed by atoms with van der Waals surface area (Å²) in [5, 5.41) is 10.9. The van der Waals surface area contributed by atoms with Crippen LogP contribution in [0.3, 0.4) is 0 Å². The summed E-state index contributed by atoms with van der Waals surface area (Å²) in [4.78, 5) is 11.1. The second-order valence-corrected chi connectivity index (χ2v) is 4.77. The van der Waals surface area contributed by atoms with Crippen molar-refractivity contribution in [1.29, 1.82) is 0 Å². The zero-order valence-corrected chi connectivity index (χ0v) is 13.4. The molecule has 2 aromatic rings. The number of hydrogen-bond acceptors (Lipinski definition) is 5. The number of carbonyl (C=O) groups is 1. The van der Waals surface area contributed by atoms with Crippen molar-refractivity contribution in [2.24, 2.45) is 0 Å². The van der Waals surface area contributed by atoms with Gasteiger partial charge in [0.25, 0.3) is 0 Å². The monoisotopic (exact) mass is 315 g/mol. The molecule has 6 heteroatoms. The number of aromatic nitrogens is 2. The summed E-state index contributed by atoms with van der Waals surface area (Å²) in [5.74, 6) is 1.27. The minimum absolute atomic E-state index is 0.00512. The molecule has 23 heavy (non-hydrogen) atoms. The smallest absolute Gasteiger partial charge is 0.233 e. The van der Waals surface area contributed by atoms with Crippen molar-refractivity contribution in [3.63, 3.8) is 0 Å². The van der Waals surface area contributed by atoms with Gasteiger partial charge in [0.2, 0.25) is 11.8 Å². The van der Waals surface area contributed by atoms with Crippen LogP contribution in [0.25, 0.3) is 11.3 Å². The first-order valence-corrected chi connectivity index (χ1v) is 7.69. The van der Waals surface area contributed by atoms with Gasteiger partial charge < -0.3 is 14.8 Å². The number of amides is 1. The Kier molecular flexibility index (Phi) is 6.35. The van der Waals surface area contributed by atoms with Crippen molar-refractivity contribution in [1.82, 2.24) is 15.5 Å². The van der Waals surface area contributed by atoms with Gasteiger partial charge in [0.05, 0.1) is 18.8 Å². The summed E-state index contributed by atoms with van der Waals surface area (Å²) in [6, 6.07) is 11.3. The lowest BCUT2D eigenvalue weighted by Gasteiger charge is -2.07. The molecule has 1 amide bonds. The summed E-state index contributed by atoms with van der Waals surface area (Å²) in [6.45, 7) is 5.22. The summed E-state index contributed by atoms with van der Waals surface area (Å²) in [5.41, 5.74) is 1.72. The molecule has 122 valence electrons. The lowest BCUT2D eigenvalue weighted by molar-refractivity contribution is -0.120. The molecule has 6 nitrogen and oxygen atoms in total. The van der Waals surface area contributed by atoms with Crippen LogP contribution in [0.15, 0.2) is 36.4 Å². The SMILES string of the molecule is CCOc1ccc(-c2ccc(OCCNC(=O)CC)nn2)cc1. The van der Waals surface area contributed by atoms with Gasteiger partial charge in [0, 0.05) is 18.1 Å². The van der Waals surface area contributed by atoms with E-state index in [0.29, 0.717) is 32.1 Å². The van der Waals surface area contributed by atoms with Crippen LogP contribution in [0.1, 0.15) is 20.3 Å². The quantitative estimate of drug-likeness (QED) is 0.757. The third-order valence-electron chi connectivity index (χ3n) is 3.10. The molecule has 2 rings (SSSR count). The molecule has 0 atom stereocenters. The van der Waals surface area contributed by atoms with E-state index >= 15 is 0 Å². The van der Waals surface area contributed by atoms with Crippen molar-refractivity contribution in [2.75, 3.05) is 19.8 Å². The van der Waals surface area contributed by atoms with Crippen molar-refractivity contribution < 1.29 is 14.3 Å². The van der Waals surface area contributed by atoms with Crippen LogP contribution in [0, 0.1) is 0 Å². The van der Waals surface area contributed by atoms with Crippen molar-refractivity contribution in [3.8, 4) is 22.9 Å². The highest BCUT2D eigenvalue weighted by Crippen LogP contribution is 2.21. The number of rotatable bonds is 8. The summed E-state index contributed by atoms with van der Waals surface area (Å²) < 4.78 is 10.8. The Bertz CT molecular complexity index is 612. The molecule has 1 aromatic carbocycles. The van der Waals surface area contributed by atoms with Gasteiger partial charge in [-0.1, -0.05) is 6.92 Å². The van der Waals surface area contributed by atoms with Crippen LogP contribution in [0.5, 0.6) is 11.6 Å². The molecule has 0 bridgehead atoms. The molecule has 0 saturated heterocycles. The lowest BCUT2D eigenvalue weighted by atomic mass is 10.1. The summed E-state index contributed by atoms with van der Waals surface area (Å²) in [6.07, 6.45) is 0.469. The van der Waals surface area contributed by atoms with Crippen LogP contribution >= 0.6 is 0 Å². The first-order chi connectivity index (χ1) is 11.2. The predicted molar refractivity (Wildman–Crippen MR) is 87.4 cm³/mol. The number of ether oxygens (including phenoxy) is 2. The molecule has 0 radical (unpaired) electrons. The van der Waals surface area contributed by atoms with Crippen LogP contribution in [0.4, 0.5) is 0 Å². The average Bonchev–Trinajstić information content (AvgIpc) is 2.60. The standard InChI is InChI=1S/C17H21N3O3/c1-3-16(21)18-11-12-23-17-10-9-15(19-20-17)13-5-7-14(8-6-13)22-4-2/h5-10H,3-4,11-12H2,1-2H3,(H,18,21). The second kappa shape index (κ2) is 8.73. The maximum Gasteiger partial charge on any atom is 0.233 e. The molecule has 1 aromatic heterocycles. The third-order valence-corrected chi connectivity index (χ3v) is 3.10. The molecule has 0 aliphatic heterocycles. The van der Waals surface area contributed by atoms with E-state index in [1.54, 1.807) is 13.0 Å². The zero-order valence-electron chi connectivity index (χ0n) is 13.4. The minimum Gasteiger partial charge on any atom is -0.494 e. The van der Waals surface area contributed by atoms with Gasteiger partial charge in [-0.2, -0.15) is 0 Å². The first kappa shape index (κ1) is 16.7. The van der Waals surface area contributed by atoms with Crippen LogP contribution in [-0.4, -0.2) is 35.9 Å². The number of nitrogens with zero attached hydrogens (tertiary/aromatic N) is 2. The highest BCUT2D eigenvalue weighted by molar-refractivity contribution is 5.75. The fourth-order valence-corrected chi connectivity index (χ4v) is 1.91. The Balaban J connectivity index is 1.87. The number of benzene rings is 1. The number of hydrogen-bond donors (Lipinski definition) is 1. The molecule has 0 unspecified atom stereocenters. The highest BCUT2D eigenvalue weighted by atomic mass is 16.5. The molecule has 0 spiro atoms. The molecule has 0 aliphatic carbocycles. The van der Waals surface area contributed by atoms with Crippen molar-refractivity contribution >= 4 is 5.91 Å². The van der Waals surface area contributed by atoms with E-state index < -0.39 is 0 Å². The second-order valence-electron chi connectivity index (χ2n) is 4.77. The van der Waals surface area contributed by atoms with E-state index in [-0.39, 0.29) is 5.91 Å². The van der Waals surface area contributed by atoms with Gasteiger partial charge in [0.1, 0.15) is 12.4 Å². The van der Waals surface area contributed by atoms with E-state index in [9.17, 15) is 4.79 Å². The van der Waals surface area contributed by atoms with Gasteiger partial charge in [-0.15, -0.1) is 10.2 Å². The van der Waals surface area contributed by atoms with Gasteiger partial charge in [0.15, 0.2) is 0 Å². The Morgan fingerprint density at radius 1 is 1.04 bits per heavy atom. The van der Waals surface area contributed by atoms with Gasteiger partial charge >= 0.3 is 0 Å². The van der Waals surface area contributed by atoms with E-state index in [4.69, 9.17) is 9.47 Å². The zero-order chi connectivity index (χ0) is 16.5. The van der Waals surface area contributed by atoms with Crippen molar-refractivity contribution in [3.05, 3.63) is 36.4 Å². The molecular weight excluding hydrogens is 294 g/mol. The van der Waals surface area contributed by atoms with Crippen LogP contribution in [0.2, 0.25) is 0 Å². The molecular formula is C17H21N3O3. The Hall–Kier alpha value is -2.63. The fourth-order valence-electron chi connectivity index (χ4n) is 1.91. The largest absolute Gasteiger partial charge is 0.494 e. The topological polar surface area (TPSA) is 73.3 Å². The van der Waals surface area contributed by atoms with Gasteiger partial charge in [-0.05, 0) is 37.3 Å². The normalized spacial score (nSPS) is 10.2. The van der Waals surface area contributed by atoms with E-state index in [0.717, 1.165) is 17.0 Å². The third kappa shape index (κ3) is 5.25. The summed E-state index contributed by atoms with van der Waals surface area (Å²) >= 11 is 0. The van der Waals surface area contributed by atoms with E-state index in [2.05, 4.69) is 15.5 Å². The van der Waals surface area contributed by atoms with E-state index in [1.165, 1.54) is 0 Å². The number of carbonyl (C=O) groups excluding carboxylic acids is 1. The highest BCUT2D eigenvalue weighted by Gasteiger charge is 2.03. The molecule has 0 fully saturated rings. The molecule has 1 heterocycles. The van der Waals surface area contributed by atoms with E-state index in [1.807, 2.05) is 37.3 Å². The average molecular weight is 315 g/mol. The van der Waals surface area contributed by atoms with Gasteiger partial charge in [-0.3, -0.25) is 4.79 Å². The van der Waals surface area contributed by atoms with Crippen molar-refractivity contribution in [2.45, 2.75) is 20.3 Å². The van der Waals surface area contributed by atoms with Crippen LogP contribution in [-0.2, 0) is 4.79 Å². The molecule has 0 aliphatic rings. The Morgan fingerprint density at radius 3 is 2.43 bits per heavy atom. The fraction of sp³-hybridized carbons (Fsp3) is 0.353. The van der Waals surface area contributed by atoms with Crippen LogP contribution < -0.4 is 14.8 Å². The van der Waals surface area contributed by atoms with Gasteiger partial charge in [-0.25, -0.2) is 0 Å². The maximum atomic E-state index is 11.1. The molecule has 1 N–H and O–H groups in total. The predicted octanol–water partition coefficient (Wildman–Crippen LogP) is 2.45.